The van der Waals surface area contributed by atoms with Gasteiger partial charge in [0.05, 0.1) is 19.3 Å². The van der Waals surface area contributed by atoms with Crippen LogP contribution in [0.1, 0.15) is 13.3 Å². The maximum Gasteiger partial charge on any atom is 0.303 e. The summed E-state index contributed by atoms with van der Waals surface area (Å²) in [6.45, 7) is 2.70. The fraction of sp³-hybridized carbons (Fsp3) is 0.727. The average Bonchev–Trinajstić information content (AvgIpc) is 2.64. The summed E-state index contributed by atoms with van der Waals surface area (Å²) in [6, 6.07) is 0. The first-order valence-electron chi connectivity index (χ1n) is 5.26. The van der Waals surface area contributed by atoms with Gasteiger partial charge in [-0.15, -0.1) is 0 Å². The van der Waals surface area contributed by atoms with Crippen LogP contribution in [-0.2, 0) is 23.7 Å². The molecule has 0 unspecified atom stereocenters. The summed E-state index contributed by atoms with van der Waals surface area (Å²) in [7, 11) is 1.62. The normalized spacial score (nSPS) is 23.6. The number of hydrogen-bond donors (Lipinski definition) is 0. The summed E-state index contributed by atoms with van der Waals surface area (Å²) in [5.74, 6) is -0.272. The molecule has 1 aliphatic carbocycles. The van der Waals surface area contributed by atoms with Crippen LogP contribution in [0.15, 0.2) is 12.2 Å². The molecule has 0 aromatic rings. The number of esters is 1. The van der Waals surface area contributed by atoms with Crippen molar-refractivity contribution in [1.82, 2.24) is 0 Å². The first kappa shape index (κ1) is 13.2. The Morgan fingerprint density at radius 1 is 1.31 bits per heavy atom. The van der Waals surface area contributed by atoms with Gasteiger partial charge in [-0.2, -0.15) is 0 Å². The number of methoxy groups -OCH3 is 1. The molecule has 0 amide bonds. The largest absolute Gasteiger partial charge is 0.458 e. The molecule has 16 heavy (non-hydrogen) atoms. The summed E-state index contributed by atoms with van der Waals surface area (Å²) >= 11 is 0. The van der Waals surface area contributed by atoms with Crippen molar-refractivity contribution in [3.8, 4) is 0 Å². The number of hydrogen-bond acceptors (Lipinski definition) is 5. The first-order chi connectivity index (χ1) is 7.72. The highest BCUT2D eigenvalue weighted by Gasteiger charge is 2.21. The van der Waals surface area contributed by atoms with Crippen molar-refractivity contribution in [3.05, 3.63) is 12.2 Å². The van der Waals surface area contributed by atoms with Gasteiger partial charge in [0.2, 0.25) is 0 Å². The lowest BCUT2D eigenvalue weighted by Gasteiger charge is -2.13. The summed E-state index contributed by atoms with van der Waals surface area (Å²) < 4.78 is 20.4. The minimum absolute atomic E-state index is 0.0353. The van der Waals surface area contributed by atoms with Gasteiger partial charge >= 0.3 is 5.97 Å². The van der Waals surface area contributed by atoms with E-state index in [-0.39, 0.29) is 25.0 Å². The van der Waals surface area contributed by atoms with Crippen molar-refractivity contribution in [3.63, 3.8) is 0 Å². The Morgan fingerprint density at radius 3 is 2.75 bits per heavy atom. The van der Waals surface area contributed by atoms with E-state index in [4.69, 9.17) is 18.9 Å². The van der Waals surface area contributed by atoms with Crippen LogP contribution in [0.2, 0.25) is 0 Å². The van der Waals surface area contributed by atoms with Crippen LogP contribution >= 0.6 is 0 Å². The molecule has 2 atom stereocenters. The van der Waals surface area contributed by atoms with Gasteiger partial charge in [-0.05, 0) is 6.08 Å². The van der Waals surface area contributed by atoms with Crippen LogP contribution in [0.3, 0.4) is 0 Å². The van der Waals surface area contributed by atoms with Gasteiger partial charge in [0, 0.05) is 20.5 Å². The van der Waals surface area contributed by atoms with Gasteiger partial charge < -0.3 is 18.9 Å². The molecule has 1 aliphatic rings. The fourth-order valence-corrected chi connectivity index (χ4v) is 1.39. The molecule has 5 nitrogen and oxygen atoms in total. The SMILES string of the molecule is COCCOCO[C@H]1C=C[C@@H](OC(C)=O)C1. The highest BCUT2D eigenvalue weighted by Crippen LogP contribution is 2.17. The molecule has 0 saturated heterocycles. The molecule has 0 saturated carbocycles. The number of carbonyl (C=O) groups excluding carboxylic acids is 1. The minimum atomic E-state index is -0.272. The molecule has 0 heterocycles. The zero-order valence-corrected chi connectivity index (χ0v) is 9.68. The van der Waals surface area contributed by atoms with Crippen LogP contribution in [-0.4, -0.2) is 45.3 Å². The second-order valence-electron chi connectivity index (χ2n) is 3.49. The van der Waals surface area contributed by atoms with Gasteiger partial charge in [-0.25, -0.2) is 0 Å². The molecule has 0 radical (unpaired) electrons. The van der Waals surface area contributed by atoms with E-state index in [0.717, 1.165) is 0 Å². The molecule has 5 heteroatoms. The molecular weight excluding hydrogens is 212 g/mol. The molecule has 0 bridgehead atoms. The summed E-state index contributed by atoms with van der Waals surface area (Å²) in [4.78, 5) is 10.7. The van der Waals surface area contributed by atoms with E-state index in [2.05, 4.69) is 0 Å². The van der Waals surface area contributed by atoms with E-state index in [1.807, 2.05) is 12.2 Å². The Labute approximate surface area is 95.3 Å². The molecule has 0 aliphatic heterocycles. The molecule has 0 spiro atoms. The average molecular weight is 230 g/mol. The van der Waals surface area contributed by atoms with Crippen LogP contribution in [0.25, 0.3) is 0 Å². The number of rotatable bonds is 7. The number of ether oxygens (including phenoxy) is 4. The van der Waals surface area contributed by atoms with E-state index in [1.54, 1.807) is 7.11 Å². The Balaban J connectivity index is 2.04. The summed E-state index contributed by atoms with van der Waals surface area (Å²) in [6.07, 6.45) is 4.18. The second-order valence-corrected chi connectivity index (χ2v) is 3.49. The zero-order chi connectivity index (χ0) is 11.8. The molecular formula is C11H18O5. The van der Waals surface area contributed by atoms with Crippen LogP contribution in [0.5, 0.6) is 0 Å². The Morgan fingerprint density at radius 2 is 2.06 bits per heavy atom. The van der Waals surface area contributed by atoms with E-state index < -0.39 is 0 Å². The lowest BCUT2D eigenvalue weighted by atomic mass is 10.3. The molecule has 0 aromatic heterocycles. The molecule has 0 aromatic carbocycles. The Bertz CT molecular complexity index is 239. The third-order valence-electron chi connectivity index (χ3n) is 2.12. The Hall–Kier alpha value is -0.910. The van der Waals surface area contributed by atoms with Crippen LogP contribution < -0.4 is 0 Å². The first-order valence-corrected chi connectivity index (χ1v) is 5.26. The quantitative estimate of drug-likeness (QED) is 0.281. The highest BCUT2D eigenvalue weighted by atomic mass is 16.7. The topological polar surface area (TPSA) is 54.0 Å². The predicted molar refractivity (Wildman–Crippen MR) is 56.9 cm³/mol. The highest BCUT2D eigenvalue weighted by molar-refractivity contribution is 5.66. The van der Waals surface area contributed by atoms with Crippen LogP contribution in [0.4, 0.5) is 0 Å². The third kappa shape index (κ3) is 5.25. The van der Waals surface area contributed by atoms with E-state index >= 15 is 0 Å². The van der Waals surface area contributed by atoms with E-state index in [1.165, 1.54) is 6.92 Å². The van der Waals surface area contributed by atoms with Gasteiger partial charge in [0.15, 0.2) is 0 Å². The van der Waals surface area contributed by atoms with Gasteiger partial charge in [0.1, 0.15) is 12.9 Å². The third-order valence-corrected chi connectivity index (χ3v) is 2.12. The fourth-order valence-electron chi connectivity index (χ4n) is 1.39. The second kappa shape index (κ2) is 7.38. The molecule has 0 N–H and O–H groups in total. The van der Waals surface area contributed by atoms with Crippen molar-refractivity contribution in [2.24, 2.45) is 0 Å². The van der Waals surface area contributed by atoms with Gasteiger partial charge in [0.25, 0.3) is 0 Å². The minimum Gasteiger partial charge on any atom is -0.458 e. The molecule has 0 fully saturated rings. The standard InChI is InChI=1S/C11H18O5/c1-9(12)16-11-4-3-10(7-11)15-8-14-6-5-13-2/h3-4,10-11H,5-8H2,1-2H3/t10-,11+/m0/s1. The monoisotopic (exact) mass is 230 g/mol. The summed E-state index contributed by atoms with van der Waals surface area (Å²) in [5.41, 5.74) is 0. The van der Waals surface area contributed by atoms with E-state index in [9.17, 15) is 4.79 Å². The lowest BCUT2D eigenvalue weighted by Crippen LogP contribution is -2.18. The smallest absolute Gasteiger partial charge is 0.303 e. The van der Waals surface area contributed by atoms with Gasteiger partial charge in [-0.1, -0.05) is 6.08 Å². The van der Waals surface area contributed by atoms with Crippen molar-refractivity contribution in [2.75, 3.05) is 27.1 Å². The van der Waals surface area contributed by atoms with Crippen molar-refractivity contribution < 1.29 is 23.7 Å². The Kier molecular flexibility index (Phi) is 6.07. The maximum absolute atomic E-state index is 10.7. The summed E-state index contributed by atoms with van der Waals surface area (Å²) in [5, 5.41) is 0. The molecule has 1 rings (SSSR count). The van der Waals surface area contributed by atoms with Crippen molar-refractivity contribution >= 4 is 5.97 Å². The van der Waals surface area contributed by atoms with Crippen molar-refractivity contribution in [2.45, 2.75) is 25.6 Å². The molecule has 92 valence electrons. The van der Waals surface area contributed by atoms with Crippen molar-refractivity contribution in [1.29, 1.82) is 0 Å². The van der Waals surface area contributed by atoms with Gasteiger partial charge in [-0.3, -0.25) is 4.79 Å². The lowest BCUT2D eigenvalue weighted by molar-refractivity contribution is -0.145. The number of carbonyl (C=O) groups is 1. The predicted octanol–water partition coefficient (Wildman–Crippen LogP) is 0.884. The van der Waals surface area contributed by atoms with Crippen LogP contribution in [0, 0.1) is 0 Å². The zero-order valence-electron chi connectivity index (χ0n) is 9.68. The maximum atomic E-state index is 10.7. The van der Waals surface area contributed by atoms with E-state index in [0.29, 0.717) is 19.6 Å².